The van der Waals surface area contributed by atoms with Gasteiger partial charge in [0.1, 0.15) is 0 Å². The number of para-hydroxylation sites is 2. The lowest BCUT2D eigenvalue weighted by Gasteiger charge is -2.30. The molecule has 0 amide bonds. The molecule has 0 saturated heterocycles. The fourth-order valence-electron chi connectivity index (χ4n) is 8.65. The minimum absolute atomic E-state index is 1.09. The van der Waals surface area contributed by atoms with Gasteiger partial charge in [-0.3, -0.25) is 0 Å². The van der Waals surface area contributed by atoms with Gasteiger partial charge in [0, 0.05) is 59.1 Å². The number of nitrogens with zero attached hydrogens (tertiary/aromatic N) is 2. The molecule has 0 radical (unpaired) electrons. The second kappa shape index (κ2) is 13.8. The average molecular weight is 745 g/mol. The molecule has 0 aliphatic heterocycles. The van der Waals surface area contributed by atoms with E-state index >= 15 is 0 Å². The minimum atomic E-state index is 1.09. The van der Waals surface area contributed by atoms with E-state index in [4.69, 9.17) is 0 Å². The number of thiophene rings is 1. The molecule has 0 N–H and O–H groups in total. The van der Waals surface area contributed by atoms with Gasteiger partial charge in [0.2, 0.25) is 0 Å². The Bertz CT molecular complexity index is 3220. The van der Waals surface area contributed by atoms with E-state index in [1.54, 1.807) is 0 Å². The number of aromatic nitrogens is 1. The summed E-state index contributed by atoms with van der Waals surface area (Å²) in [5.41, 5.74) is 14.0. The van der Waals surface area contributed by atoms with Crippen molar-refractivity contribution in [3.05, 3.63) is 218 Å². The lowest BCUT2D eigenvalue weighted by molar-refractivity contribution is 1.18. The van der Waals surface area contributed by atoms with Crippen molar-refractivity contribution in [3.63, 3.8) is 0 Å². The van der Waals surface area contributed by atoms with Gasteiger partial charge in [0.15, 0.2) is 0 Å². The summed E-state index contributed by atoms with van der Waals surface area (Å²) in [6, 6.07) is 79.5. The summed E-state index contributed by atoms with van der Waals surface area (Å²) in [5, 5.41) is 5.00. The summed E-state index contributed by atoms with van der Waals surface area (Å²) < 4.78 is 5.00. The maximum Gasteiger partial charge on any atom is 0.0561 e. The fraction of sp³-hybridized carbons (Fsp3) is 0. The summed E-state index contributed by atoms with van der Waals surface area (Å²) in [6.45, 7) is 0. The first-order valence-electron chi connectivity index (χ1n) is 19.4. The first kappa shape index (κ1) is 33.2. The molecule has 11 rings (SSSR count). The Morgan fingerprint density at radius 2 is 0.965 bits per heavy atom. The van der Waals surface area contributed by atoms with Crippen molar-refractivity contribution in [2.24, 2.45) is 0 Å². The van der Waals surface area contributed by atoms with Gasteiger partial charge in [-0.25, -0.2) is 0 Å². The van der Waals surface area contributed by atoms with Crippen LogP contribution in [0.15, 0.2) is 218 Å². The van der Waals surface area contributed by atoms with E-state index in [0.717, 1.165) is 28.3 Å². The van der Waals surface area contributed by atoms with Crippen LogP contribution in [0.3, 0.4) is 0 Å². The molecule has 2 nitrogen and oxygen atoms in total. The summed E-state index contributed by atoms with van der Waals surface area (Å²) in [7, 11) is 0. The number of fused-ring (bicyclic) bond motifs is 6. The minimum Gasteiger partial charge on any atom is -0.310 e. The third-order valence-corrected chi connectivity index (χ3v) is 12.4. The Hall–Kier alpha value is -7.20. The predicted octanol–water partition coefficient (Wildman–Crippen LogP) is 15.6. The molecule has 0 unspecified atom stereocenters. The van der Waals surface area contributed by atoms with E-state index in [9.17, 15) is 0 Å². The molecule has 0 saturated carbocycles. The zero-order valence-electron chi connectivity index (χ0n) is 31.1. The van der Waals surface area contributed by atoms with E-state index in [0.29, 0.717) is 0 Å². The Morgan fingerprint density at radius 1 is 0.368 bits per heavy atom. The number of benzene rings is 9. The van der Waals surface area contributed by atoms with Gasteiger partial charge in [-0.1, -0.05) is 164 Å². The van der Waals surface area contributed by atoms with E-state index in [-0.39, 0.29) is 0 Å². The standard InChI is InChI=1S/C54H36N2S/c1-5-18-37(19-6-1)43-28-17-30-50(53(43)39-22-9-3-10-23-39)55(41-32-33-45-44-26-13-15-29-49(44)56(51(45)36-41)40-24-11-4-12-25-40)42-34-47(38-20-7-2-8-21-38)54-48(35-42)46-27-14-16-31-52(46)57-54/h1-36H. The topological polar surface area (TPSA) is 8.17 Å². The smallest absolute Gasteiger partial charge is 0.0561 e. The quantitative estimate of drug-likeness (QED) is 0.158. The van der Waals surface area contributed by atoms with E-state index in [2.05, 4.69) is 228 Å². The summed E-state index contributed by atoms with van der Waals surface area (Å²) in [4.78, 5) is 2.50. The maximum absolute atomic E-state index is 2.50. The zero-order valence-corrected chi connectivity index (χ0v) is 31.9. The SMILES string of the molecule is c1ccc(-c2cccc(N(c3cc(-c4ccccc4)c4sc5ccccc5c4c3)c3ccc4c5ccccc5n(-c5ccccc5)c4c3)c2-c2ccccc2)cc1. The molecule has 2 heterocycles. The number of hydrogen-bond donors (Lipinski definition) is 0. The van der Waals surface area contributed by atoms with Gasteiger partial charge in [0.05, 0.1) is 16.7 Å². The van der Waals surface area contributed by atoms with Crippen molar-refractivity contribution in [1.82, 2.24) is 4.57 Å². The molecule has 3 heteroatoms. The first-order valence-corrected chi connectivity index (χ1v) is 20.3. The lowest BCUT2D eigenvalue weighted by atomic mass is 9.92. The normalized spacial score (nSPS) is 11.5. The highest BCUT2D eigenvalue weighted by atomic mass is 32.1. The molecule has 57 heavy (non-hydrogen) atoms. The van der Waals surface area contributed by atoms with Gasteiger partial charge < -0.3 is 9.47 Å². The third-order valence-electron chi connectivity index (χ3n) is 11.2. The molecule has 0 spiro atoms. The fourth-order valence-corrected chi connectivity index (χ4v) is 9.87. The Kier molecular flexibility index (Phi) is 8.04. The van der Waals surface area contributed by atoms with Gasteiger partial charge >= 0.3 is 0 Å². The van der Waals surface area contributed by atoms with Crippen LogP contribution < -0.4 is 4.90 Å². The summed E-state index contributed by atoms with van der Waals surface area (Å²) in [6.07, 6.45) is 0. The first-order chi connectivity index (χ1) is 28.3. The molecule has 0 fully saturated rings. The monoisotopic (exact) mass is 744 g/mol. The van der Waals surface area contributed by atoms with Crippen LogP contribution in [0.4, 0.5) is 17.1 Å². The number of hydrogen-bond acceptors (Lipinski definition) is 2. The number of rotatable bonds is 7. The van der Waals surface area contributed by atoms with Gasteiger partial charge in [-0.2, -0.15) is 0 Å². The van der Waals surface area contributed by atoms with Crippen molar-refractivity contribution < 1.29 is 0 Å². The lowest BCUT2D eigenvalue weighted by Crippen LogP contribution is -2.12. The van der Waals surface area contributed by atoms with Crippen molar-refractivity contribution in [3.8, 4) is 39.1 Å². The predicted molar refractivity (Wildman–Crippen MR) is 245 cm³/mol. The van der Waals surface area contributed by atoms with Crippen molar-refractivity contribution >= 4 is 70.4 Å². The molecule has 0 atom stereocenters. The Morgan fingerprint density at radius 3 is 1.70 bits per heavy atom. The van der Waals surface area contributed by atoms with Crippen molar-refractivity contribution in [2.45, 2.75) is 0 Å². The van der Waals surface area contributed by atoms with Crippen LogP contribution in [0.5, 0.6) is 0 Å². The molecular formula is C54H36N2S. The highest BCUT2D eigenvalue weighted by Gasteiger charge is 2.24. The summed E-state index contributed by atoms with van der Waals surface area (Å²) in [5.74, 6) is 0. The van der Waals surface area contributed by atoms with Crippen LogP contribution in [-0.4, -0.2) is 4.57 Å². The Labute approximate surface area is 335 Å². The van der Waals surface area contributed by atoms with Crippen LogP contribution in [0.1, 0.15) is 0 Å². The highest BCUT2D eigenvalue weighted by Crippen LogP contribution is 2.50. The van der Waals surface area contributed by atoms with Crippen LogP contribution in [0, 0.1) is 0 Å². The number of anilines is 3. The second-order valence-corrected chi connectivity index (χ2v) is 15.5. The highest BCUT2D eigenvalue weighted by molar-refractivity contribution is 7.26. The van der Waals surface area contributed by atoms with E-state index < -0.39 is 0 Å². The zero-order chi connectivity index (χ0) is 37.7. The molecule has 9 aromatic carbocycles. The largest absolute Gasteiger partial charge is 0.310 e. The Balaban J connectivity index is 1.27. The molecule has 0 bridgehead atoms. The van der Waals surface area contributed by atoms with Crippen LogP contribution >= 0.6 is 11.3 Å². The molecule has 0 aliphatic rings. The second-order valence-electron chi connectivity index (χ2n) is 14.5. The molecular weight excluding hydrogens is 709 g/mol. The van der Waals surface area contributed by atoms with E-state index in [1.165, 1.54) is 69.8 Å². The van der Waals surface area contributed by atoms with Crippen LogP contribution in [-0.2, 0) is 0 Å². The maximum atomic E-state index is 2.50. The van der Waals surface area contributed by atoms with Crippen molar-refractivity contribution in [1.29, 1.82) is 0 Å². The summed E-state index contributed by atoms with van der Waals surface area (Å²) >= 11 is 1.88. The molecule has 0 aliphatic carbocycles. The van der Waals surface area contributed by atoms with Crippen LogP contribution in [0.2, 0.25) is 0 Å². The third kappa shape index (κ3) is 5.63. The molecule has 2 aromatic heterocycles. The molecule has 268 valence electrons. The van der Waals surface area contributed by atoms with E-state index in [1.807, 2.05) is 11.3 Å². The van der Waals surface area contributed by atoms with Crippen molar-refractivity contribution in [2.75, 3.05) is 4.90 Å². The van der Waals surface area contributed by atoms with Gasteiger partial charge in [-0.15, -0.1) is 11.3 Å². The van der Waals surface area contributed by atoms with Gasteiger partial charge in [-0.05, 0) is 76.9 Å². The molecule has 11 aromatic rings. The van der Waals surface area contributed by atoms with Crippen LogP contribution in [0.25, 0.3) is 81.0 Å². The van der Waals surface area contributed by atoms with Gasteiger partial charge in [0.25, 0.3) is 0 Å². The average Bonchev–Trinajstić information content (AvgIpc) is 3.83.